The first kappa shape index (κ1) is 18.5. The van der Waals surface area contributed by atoms with Crippen LogP contribution in [0.2, 0.25) is 0 Å². The second-order valence-corrected chi connectivity index (χ2v) is 7.00. The third-order valence-electron chi connectivity index (χ3n) is 4.42. The maximum atomic E-state index is 12.7. The Labute approximate surface area is 161 Å². The molecule has 26 heavy (non-hydrogen) atoms. The molecule has 1 atom stereocenters. The molecule has 0 spiro atoms. The number of carbonyl (C=O) groups is 2. The summed E-state index contributed by atoms with van der Waals surface area (Å²) in [6.07, 6.45) is 0.670. The van der Waals surface area contributed by atoms with Gasteiger partial charge in [0.15, 0.2) is 0 Å². The number of hydrogen-bond acceptors (Lipinski definition) is 4. The highest BCUT2D eigenvalue weighted by atomic mass is 79.9. The minimum absolute atomic E-state index is 0.120. The quantitative estimate of drug-likeness (QED) is 0.699. The molecular weight excluding hydrogens is 398 g/mol. The van der Waals surface area contributed by atoms with E-state index in [4.69, 9.17) is 9.47 Å². The molecular formula is C20H20BrNO4. The molecule has 1 heterocycles. The van der Waals surface area contributed by atoms with E-state index in [9.17, 15) is 9.59 Å². The van der Waals surface area contributed by atoms with Crippen molar-refractivity contribution in [3.63, 3.8) is 0 Å². The summed E-state index contributed by atoms with van der Waals surface area (Å²) in [7, 11) is 1.35. The molecule has 0 radical (unpaired) electrons. The van der Waals surface area contributed by atoms with Gasteiger partial charge in [-0.25, -0.2) is 4.79 Å². The van der Waals surface area contributed by atoms with E-state index in [1.807, 2.05) is 48.5 Å². The highest BCUT2D eigenvalue weighted by Crippen LogP contribution is 2.25. The summed E-state index contributed by atoms with van der Waals surface area (Å²) in [5.41, 5.74) is 2.14. The molecule has 1 aliphatic rings. The van der Waals surface area contributed by atoms with Gasteiger partial charge in [0.1, 0.15) is 11.8 Å². The van der Waals surface area contributed by atoms with Gasteiger partial charge in [-0.2, -0.15) is 0 Å². The van der Waals surface area contributed by atoms with E-state index in [0.29, 0.717) is 18.7 Å². The number of fused-ring (bicyclic) bond motifs is 1. The first-order valence-electron chi connectivity index (χ1n) is 8.41. The summed E-state index contributed by atoms with van der Waals surface area (Å²) in [6.45, 7) is 0.660. The van der Waals surface area contributed by atoms with Crippen LogP contribution in [-0.2, 0) is 27.3 Å². The Morgan fingerprint density at radius 1 is 1.15 bits per heavy atom. The summed E-state index contributed by atoms with van der Waals surface area (Å²) < 4.78 is 11.5. The fourth-order valence-corrected chi connectivity index (χ4v) is 3.47. The largest absolute Gasteiger partial charge is 0.493 e. The maximum Gasteiger partial charge on any atom is 0.328 e. The highest BCUT2D eigenvalue weighted by Gasteiger charge is 2.34. The highest BCUT2D eigenvalue weighted by molar-refractivity contribution is 9.10. The molecule has 1 unspecified atom stereocenters. The van der Waals surface area contributed by atoms with Gasteiger partial charge < -0.3 is 14.4 Å². The van der Waals surface area contributed by atoms with Crippen LogP contribution in [0.5, 0.6) is 5.75 Å². The van der Waals surface area contributed by atoms with Crippen LogP contribution in [0.15, 0.2) is 53.0 Å². The first-order chi connectivity index (χ1) is 12.6. The van der Waals surface area contributed by atoms with Crippen molar-refractivity contribution < 1.29 is 19.1 Å². The molecule has 0 aliphatic carbocycles. The number of esters is 1. The topological polar surface area (TPSA) is 55.8 Å². The third-order valence-corrected chi connectivity index (χ3v) is 4.92. The van der Waals surface area contributed by atoms with Crippen LogP contribution in [0, 0.1) is 0 Å². The van der Waals surface area contributed by atoms with E-state index in [1.165, 1.54) is 7.11 Å². The van der Waals surface area contributed by atoms with Gasteiger partial charge in [0, 0.05) is 17.4 Å². The number of methoxy groups -OCH3 is 1. The van der Waals surface area contributed by atoms with Crippen LogP contribution >= 0.6 is 15.9 Å². The Balaban J connectivity index is 1.66. The molecule has 0 saturated carbocycles. The van der Waals surface area contributed by atoms with E-state index in [1.54, 1.807) is 4.90 Å². The minimum Gasteiger partial charge on any atom is -0.493 e. The van der Waals surface area contributed by atoms with Crippen molar-refractivity contribution in [3.8, 4) is 5.75 Å². The van der Waals surface area contributed by atoms with Crippen LogP contribution in [0.4, 0.5) is 0 Å². The summed E-state index contributed by atoms with van der Waals surface area (Å²) in [5.74, 6) is 0.186. The zero-order chi connectivity index (χ0) is 18.5. The third kappa shape index (κ3) is 4.25. The lowest BCUT2D eigenvalue weighted by atomic mass is 9.93. The molecule has 136 valence electrons. The fourth-order valence-electron chi connectivity index (χ4n) is 3.09. The summed E-state index contributed by atoms with van der Waals surface area (Å²) in [4.78, 5) is 26.5. The summed E-state index contributed by atoms with van der Waals surface area (Å²) in [6, 6.07) is 14.7. The Kier molecular flexibility index (Phi) is 5.93. The zero-order valence-corrected chi connectivity index (χ0v) is 16.1. The number of benzene rings is 2. The number of rotatable bonds is 5. The van der Waals surface area contributed by atoms with Gasteiger partial charge in [-0.1, -0.05) is 46.3 Å². The number of halogens is 1. The van der Waals surface area contributed by atoms with Crippen LogP contribution in [-0.4, -0.2) is 36.5 Å². The second kappa shape index (κ2) is 8.36. The molecule has 6 heteroatoms. The molecule has 0 fully saturated rings. The number of hydrogen-bond donors (Lipinski definition) is 0. The van der Waals surface area contributed by atoms with Gasteiger partial charge in [-0.15, -0.1) is 0 Å². The lowest BCUT2D eigenvalue weighted by Gasteiger charge is -2.35. The fraction of sp³-hybridized carbons (Fsp3) is 0.300. The Morgan fingerprint density at radius 3 is 2.65 bits per heavy atom. The van der Waals surface area contributed by atoms with E-state index >= 15 is 0 Å². The lowest BCUT2D eigenvalue weighted by Crippen LogP contribution is -2.49. The number of carbonyl (C=O) groups excluding carboxylic acids is 2. The summed E-state index contributed by atoms with van der Waals surface area (Å²) >= 11 is 3.39. The Hall–Kier alpha value is -2.34. The van der Waals surface area contributed by atoms with Crippen molar-refractivity contribution in [2.24, 2.45) is 0 Å². The molecule has 0 saturated heterocycles. The van der Waals surface area contributed by atoms with Gasteiger partial charge in [0.05, 0.1) is 20.1 Å². The van der Waals surface area contributed by atoms with Gasteiger partial charge in [0.25, 0.3) is 0 Å². The van der Waals surface area contributed by atoms with Crippen LogP contribution in [0.25, 0.3) is 0 Å². The second-order valence-electron chi connectivity index (χ2n) is 6.09. The van der Waals surface area contributed by atoms with Gasteiger partial charge in [-0.3, -0.25) is 4.79 Å². The molecule has 0 bridgehead atoms. The Morgan fingerprint density at radius 2 is 1.92 bits per heavy atom. The van der Waals surface area contributed by atoms with E-state index in [0.717, 1.165) is 15.6 Å². The van der Waals surface area contributed by atoms with Crippen molar-refractivity contribution in [3.05, 3.63) is 64.1 Å². The molecule has 1 amide bonds. The van der Waals surface area contributed by atoms with Crippen LogP contribution in [0.3, 0.4) is 0 Å². The molecule has 2 aromatic carbocycles. The molecule has 0 aromatic heterocycles. The SMILES string of the molecule is COC(=O)C1Cc2ccccc2CN1C(=O)CCOc1cccc(Br)c1. The predicted octanol–water partition coefficient (Wildman–Crippen LogP) is 3.34. The van der Waals surface area contributed by atoms with Crippen molar-refractivity contribution in [2.45, 2.75) is 25.4 Å². The molecule has 3 rings (SSSR count). The van der Waals surface area contributed by atoms with Gasteiger partial charge in [-0.05, 0) is 29.3 Å². The number of ether oxygens (including phenoxy) is 2. The van der Waals surface area contributed by atoms with E-state index in [-0.39, 0.29) is 24.9 Å². The average molecular weight is 418 g/mol. The average Bonchev–Trinajstić information content (AvgIpc) is 2.66. The molecule has 2 aromatic rings. The standard InChI is InChI=1S/C20H20BrNO4/c1-25-20(24)18-11-14-5-2-3-6-15(14)13-22(18)19(23)9-10-26-17-8-4-7-16(21)12-17/h2-8,12,18H,9-11,13H2,1H3. The molecule has 5 nitrogen and oxygen atoms in total. The van der Waals surface area contributed by atoms with Crippen molar-refractivity contribution >= 4 is 27.8 Å². The van der Waals surface area contributed by atoms with Crippen molar-refractivity contribution in [2.75, 3.05) is 13.7 Å². The molecule has 1 aliphatic heterocycles. The van der Waals surface area contributed by atoms with Crippen molar-refractivity contribution in [1.29, 1.82) is 0 Å². The van der Waals surface area contributed by atoms with E-state index in [2.05, 4.69) is 15.9 Å². The number of amides is 1. The maximum absolute atomic E-state index is 12.7. The van der Waals surface area contributed by atoms with Crippen LogP contribution < -0.4 is 4.74 Å². The molecule has 0 N–H and O–H groups in total. The normalized spacial score (nSPS) is 15.9. The lowest BCUT2D eigenvalue weighted by molar-refractivity contribution is -0.154. The van der Waals surface area contributed by atoms with Gasteiger partial charge in [0.2, 0.25) is 5.91 Å². The van der Waals surface area contributed by atoms with E-state index < -0.39 is 6.04 Å². The number of nitrogens with zero attached hydrogens (tertiary/aromatic N) is 1. The Bertz CT molecular complexity index is 808. The van der Waals surface area contributed by atoms with Crippen LogP contribution in [0.1, 0.15) is 17.5 Å². The zero-order valence-electron chi connectivity index (χ0n) is 14.5. The summed E-state index contributed by atoms with van der Waals surface area (Å²) in [5, 5.41) is 0. The predicted molar refractivity (Wildman–Crippen MR) is 101 cm³/mol. The van der Waals surface area contributed by atoms with Crippen molar-refractivity contribution in [1.82, 2.24) is 4.90 Å². The monoisotopic (exact) mass is 417 g/mol. The minimum atomic E-state index is -0.590. The van der Waals surface area contributed by atoms with Gasteiger partial charge >= 0.3 is 5.97 Å². The smallest absolute Gasteiger partial charge is 0.328 e. The first-order valence-corrected chi connectivity index (χ1v) is 9.20.